The van der Waals surface area contributed by atoms with Crippen molar-refractivity contribution in [2.24, 2.45) is 5.10 Å². The topological polar surface area (TPSA) is 24.8 Å². The van der Waals surface area contributed by atoms with Crippen molar-refractivity contribution in [1.29, 1.82) is 0 Å². The third-order valence-corrected chi connectivity index (χ3v) is 5.50. The van der Waals surface area contributed by atoms with Crippen LogP contribution in [0.4, 0.5) is 0 Å². The molecule has 2 unspecified atom stereocenters. The molecule has 0 spiro atoms. The first-order valence-corrected chi connectivity index (χ1v) is 9.58. The zero-order chi connectivity index (χ0) is 18.4. The van der Waals surface area contributed by atoms with Crippen LogP contribution in [0.2, 0.25) is 10.0 Å². The Labute approximate surface area is 167 Å². The van der Waals surface area contributed by atoms with E-state index in [1.165, 1.54) is 0 Å². The second-order valence-corrected chi connectivity index (χ2v) is 7.54. The minimum Gasteiger partial charge on any atom is -0.463 e. The molecule has 134 valence electrons. The van der Waals surface area contributed by atoms with E-state index in [2.05, 4.69) is 12.1 Å². The molecule has 0 fully saturated rings. The Morgan fingerprint density at radius 2 is 1.63 bits per heavy atom. The lowest BCUT2D eigenvalue weighted by atomic mass is 9.96. The zero-order valence-corrected chi connectivity index (χ0v) is 15.9. The predicted molar refractivity (Wildman–Crippen MR) is 108 cm³/mol. The summed E-state index contributed by atoms with van der Waals surface area (Å²) < 4.78 is 6.33. The van der Waals surface area contributed by atoms with E-state index in [1.54, 1.807) is 6.07 Å². The normalized spacial score (nSPS) is 20.5. The molecule has 2 aliphatic heterocycles. The van der Waals surface area contributed by atoms with Crippen LogP contribution in [-0.4, -0.2) is 10.7 Å². The number of fused-ring (bicyclic) bond motifs is 3. The summed E-state index contributed by atoms with van der Waals surface area (Å²) in [5.74, 6) is 0.695. The van der Waals surface area contributed by atoms with Crippen LogP contribution >= 0.6 is 23.2 Å². The largest absolute Gasteiger partial charge is 0.463 e. The summed E-state index contributed by atoms with van der Waals surface area (Å²) in [6, 6.07) is 24.0. The summed E-state index contributed by atoms with van der Waals surface area (Å²) in [7, 11) is 0. The Bertz CT molecular complexity index is 1020. The smallest absolute Gasteiger partial charge is 0.213 e. The fourth-order valence-corrected chi connectivity index (χ4v) is 4.31. The van der Waals surface area contributed by atoms with E-state index in [0.29, 0.717) is 15.8 Å². The van der Waals surface area contributed by atoms with Crippen LogP contribution in [0, 0.1) is 0 Å². The molecular weight excluding hydrogens is 379 g/mol. The average molecular weight is 395 g/mol. The third kappa shape index (κ3) is 2.88. The molecule has 0 saturated heterocycles. The number of hydrogen-bond donors (Lipinski definition) is 0. The molecule has 3 nitrogen and oxygen atoms in total. The number of rotatable bonds is 2. The van der Waals surface area contributed by atoms with Gasteiger partial charge < -0.3 is 4.74 Å². The van der Waals surface area contributed by atoms with Gasteiger partial charge in [0, 0.05) is 22.6 Å². The summed E-state index contributed by atoms with van der Waals surface area (Å²) in [5.41, 5.74) is 4.18. The van der Waals surface area contributed by atoms with Crippen LogP contribution < -0.4 is 4.74 Å². The lowest BCUT2D eigenvalue weighted by Crippen LogP contribution is -2.33. The lowest BCUT2D eigenvalue weighted by molar-refractivity contribution is -0.0189. The van der Waals surface area contributed by atoms with E-state index < -0.39 is 0 Å². The van der Waals surface area contributed by atoms with Gasteiger partial charge in [-0.25, -0.2) is 5.01 Å². The Morgan fingerprint density at radius 1 is 0.926 bits per heavy atom. The van der Waals surface area contributed by atoms with Gasteiger partial charge in [-0.05, 0) is 17.7 Å². The molecule has 0 bridgehead atoms. The van der Waals surface area contributed by atoms with Crippen LogP contribution in [-0.2, 0) is 0 Å². The summed E-state index contributed by atoms with van der Waals surface area (Å²) in [4.78, 5) is 0. The minimum absolute atomic E-state index is 0.0327. The molecule has 5 heteroatoms. The Balaban J connectivity index is 1.64. The van der Waals surface area contributed by atoms with Gasteiger partial charge >= 0.3 is 0 Å². The van der Waals surface area contributed by atoms with Gasteiger partial charge in [-0.15, -0.1) is 0 Å². The summed E-state index contributed by atoms with van der Waals surface area (Å²) in [5, 5.41) is 8.11. The number of ether oxygens (including phenoxy) is 1. The number of halogens is 2. The number of benzene rings is 3. The fourth-order valence-electron chi connectivity index (χ4n) is 3.76. The maximum absolute atomic E-state index is 6.48. The minimum atomic E-state index is -0.330. The van der Waals surface area contributed by atoms with Crippen molar-refractivity contribution in [3.63, 3.8) is 0 Å². The van der Waals surface area contributed by atoms with Gasteiger partial charge in [0.25, 0.3) is 0 Å². The van der Waals surface area contributed by atoms with Crippen molar-refractivity contribution in [3.8, 4) is 5.75 Å². The van der Waals surface area contributed by atoms with Crippen molar-refractivity contribution in [2.45, 2.75) is 18.7 Å². The fraction of sp³-hybridized carbons (Fsp3) is 0.136. The molecule has 2 atom stereocenters. The van der Waals surface area contributed by atoms with Crippen LogP contribution in [0.25, 0.3) is 0 Å². The molecule has 27 heavy (non-hydrogen) atoms. The standard InChI is InChI=1S/C22H16Cl2N2O/c23-16-11-17-20-13-19(14-7-3-1-4-8-14)25-26(20)22(15-9-5-2-6-10-15)27-21(17)18(24)12-16/h1-12,20,22H,13H2. The highest BCUT2D eigenvalue weighted by molar-refractivity contribution is 6.35. The van der Waals surface area contributed by atoms with Gasteiger partial charge in [0.15, 0.2) is 0 Å². The van der Waals surface area contributed by atoms with Gasteiger partial charge in [0.1, 0.15) is 5.75 Å². The molecule has 2 heterocycles. The number of hydrazone groups is 1. The zero-order valence-electron chi connectivity index (χ0n) is 14.3. The van der Waals surface area contributed by atoms with Gasteiger partial charge in [-0.3, -0.25) is 0 Å². The van der Waals surface area contributed by atoms with E-state index in [0.717, 1.165) is 28.8 Å². The number of hydrogen-bond acceptors (Lipinski definition) is 3. The lowest BCUT2D eigenvalue weighted by Gasteiger charge is -2.38. The quantitative estimate of drug-likeness (QED) is 0.513. The first-order chi connectivity index (χ1) is 13.2. The van der Waals surface area contributed by atoms with E-state index in [1.807, 2.05) is 59.6 Å². The molecule has 3 aromatic rings. The summed E-state index contributed by atoms with van der Waals surface area (Å²) in [6.45, 7) is 0. The SMILES string of the molecule is Clc1cc(Cl)c2c(c1)C1CC(c3ccccc3)=NN1C(c1ccccc1)O2. The molecule has 5 rings (SSSR count). The van der Waals surface area contributed by atoms with Crippen molar-refractivity contribution in [2.75, 3.05) is 0 Å². The highest BCUT2D eigenvalue weighted by Gasteiger charge is 2.41. The monoisotopic (exact) mass is 394 g/mol. The maximum atomic E-state index is 6.48. The van der Waals surface area contributed by atoms with Crippen LogP contribution in [0.5, 0.6) is 5.75 Å². The molecule has 0 aromatic heterocycles. The van der Waals surface area contributed by atoms with E-state index in [9.17, 15) is 0 Å². The molecule has 0 N–H and O–H groups in total. The maximum Gasteiger partial charge on any atom is 0.213 e. The van der Waals surface area contributed by atoms with Crippen molar-refractivity contribution in [3.05, 3.63) is 99.5 Å². The van der Waals surface area contributed by atoms with Gasteiger partial charge in [0.2, 0.25) is 6.23 Å². The molecule has 2 aliphatic rings. The van der Waals surface area contributed by atoms with E-state index in [-0.39, 0.29) is 12.3 Å². The third-order valence-electron chi connectivity index (χ3n) is 5.00. The molecule has 0 radical (unpaired) electrons. The first-order valence-electron chi connectivity index (χ1n) is 8.82. The number of nitrogens with zero attached hydrogens (tertiary/aromatic N) is 2. The van der Waals surface area contributed by atoms with Gasteiger partial charge in [-0.2, -0.15) is 5.10 Å². The Morgan fingerprint density at radius 3 is 2.37 bits per heavy atom. The van der Waals surface area contributed by atoms with Crippen LogP contribution in [0.1, 0.15) is 35.4 Å². The van der Waals surface area contributed by atoms with E-state index in [4.69, 9.17) is 33.0 Å². The van der Waals surface area contributed by atoms with Gasteiger partial charge in [0.05, 0.1) is 16.8 Å². The van der Waals surface area contributed by atoms with Crippen molar-refractivity contribution >= 4 is 28.9 Å². The molecule has 0 amide bonds. The summed E-state index contributed by atoms with van der Waals surface area (Å²) in [6.07, 6.45) is 0.448. The molecular formula is C22H16Cl2N2O. The molecule has 0 saturated carbocycles. The van der Waals surface area contributed by atoms with E-state index >= 15 is 0 Å². The second-order valence-electron chi connectivity index (χ2n) is 6.70. The predicted octanol–water partition coefficient (Wildman–Crippen LogP) is 6.24. The molecule has 0 aliphatic carbocycles. The van der Waals surface area contributed by atoms with Crippen molar-refractivity contribution < 1.29 is 4.74 Å². The highest BCUT2D eigenvalue weighted by atomic mass is 35.5. The second kappa shape index (κ2) is 6.59. The molecule has 3 aromatic carbocycles. The van der Waals surface area contributed by atoms with Crippen LogP contribution in [0.15, 0.2) is 77.9 Å². The first kappa shape index (κ1) is 16.7. The van der Waals surface area contributed by atoms with Crippen LogP contribution in [0.3, 0.4) is 0 Å². The van der Waals surface area contributed by atoms with Crippen molar-refractivity contribution in [1.82, 2.24) is 5.01 Å². The summed E-state index contributed by atoms with van der Waals surface area (Å²) >= 11 is 12.8. The highest BCUT2D eigenvalue weighted by Crippen LogP contribution is 2.50. The van der Waals surface area contributed by atoms with Gasteiger partial charge in [-0.1, -0.05) is 83.9 Å². The Kier molecular flexibility index (Phi) is 4.07. The average Bonchev–Trinajstić information content (AvgIpc) is 3.15. The Hall–Kier alpha value is -2.49.